The Labute approximate surface area is 286 Å². The van der Waals surface area contributed by atoms with Crippen LogP contribution in [0, 0.1) is 0 Å². The SMILES string of the molecule is c1ccc(-n2c3ccccc3c3cc(N(c4cc5c6ccccc6oc5c5ccccc45)c4cccc5oc6ccccc6c45)ccc32)cc1. The summed E-state index contributed by atoms with van der Waals surface area (Å²) in [5.41, 5.74) is 10.2. The van der Waals surface area contributed by atoms with Crippen molar-refractivity contribution in [2.75, 3.05) is 4.90 Å². The van der Waals surface area contributed by atoms with Crippen LogP contribution in [0.15, 0.2) is 179 Å². The molecule has 0 saturated carbocycles. The molecule has 50 heavy (non-hydrogen) atoms. The molecule has 0 atom stereocenters. The average molecular weight is 641 g/mol. The zero-order chi connectivity index (χ0) is 32.8. The van der Waals surface area contributed by atoms with E-state index in [4.69, 9.17) is 8.83 Å². The summed E-state index contributed by atoms with van der Waals surface area (Å²) in [4.78, 5) is 2.42. The fourth-order valence-corrected chi connectivity index (χ4v) is 8.02. The molecular weight excluding hydrogens is 613 g/mol. The predicted molar refractivity (Wildman–Crippen MR) is 208 cm³/mol. The molecule has 0 radical (unpaired) electrons. The summed E-state index contributed by atoms with van der Waals surface area (Å²) in [6, 6.07) is 60.1. The Morgan fingerprint density at radius 2 is 1.02 bits per heavy atom. The van der Waals surface area contributed by atoms with Gasteiger partial charge in [0, 0.05) is 49.1 Å². The summed E-state index contributed by atoms with van der Waals surface area (Å²) in [7, 11) is 0. The predicted octanol–water partition coefficient (Wildman–Crippen LogP) is 13.2. The average Bonchev–Trinajstić information content (AvgIpc) is 3.85. The van der Waals surface area contributed by atoms with Gasteiger partial charge in [0.1, 0.15) is 22.3 Å². The summed E-state index contributed by atoms with van der Waals surface area (Å²) < 4.78 is 15.4. The highest BCUT2D eigenvalue weighted by Gasteiger charge is 2.24. The van der Waals surface area contributed by atoms with E-state index in [1.165, 1.54) is 16.3 Å². The molecule has 0 saturated heterocycles. The first-order valence-electron chi connectivity index (χ1n) is 16.9. The van der Waals surface area contributed by atoms with Gasteiger partial charge in [0.25, 0.3) is 0 Å². The number of benzene rings is 8. The molecule has 0 amide bonds. The lowest BCUT2D eigenvalue weighted by Crippen LogP contribution is -2.11. The fourth-order valence-electron chi connectivity index (χ4n) is 8.02. The molecule has 0 aliphatic carbocycles. The van der Waals surface area contributed by atoms with E-state index in [-0.39, 0.29) is 0 Å². The minimum atomic E-state index is 0.856. The van der Waals surface area contributed by atoms with Gasteiger partial charge in [0.2, 0.25) is 0 Å². The lowest BCUT2D eigenvalue weighted by Gasteiger charge is -2.28. The number of furan rings is 2. The molecule has 0 N–H and O–H groups in total. The van der Waals surface area contributed by atoms with Crippen LogP contribution in [0.4, 0.5) is 17.1 Å². The maximum Gasteiger partial charge on any atom is 0.143 e. The van der Waals surface area contributed by atoms with Crippen molar-refractivity contribution in [1.29, 1.82) is 0 Å². The number of hydrogen-bond donors (Lipinski definition) is 0. The molecule has 11 rings (SSSR count). The number of aromatic nitrogens is 1. The number of fused-ring (bicyclic) bond motifs is 11. The molecule has 0 aliphatic heterocycles. The minimum absolute atomic E-state index is 0.856. The molecule has 0 aliphatic rings. The van der Waals surface area contributed by atoms with Gasteiger partial charge in [-0.15, -0.1) is 0 Å². The molecule has 0 spiro atoms. The smallest absolute Gasteiger partial charge is 0.143 e. The molecule has 4 nitrogen and oxygen atoms in total. The van der Waals surface area contributed by atoms with Crippen LogP contribution in [0.1, 0.15) is 0 Å². The number of hydrogen-bond acceptors (Lipinski definition) is 3. The van der Waals surface area contributed by atoms with Crippen LogP contribution >= 0.6 is 0 Å². The Morgan fingerprint density at radius 3 is 1.86 bits per heavy atom. The van der Waals surface area contributed by atoms with Crippen molar-refractivity contribution in [3.63, 3.8) is 0 Å². The first kappa shape index (κ1) is 27.2. The summed E-state index contributed by atoms with van der Waals surface area (Å²) in [6.07, 6.45) is 0. The minimum Gasteiger partial charge on any atom is -0.456 e. The highest BCUT2D eigenvalue weighted by molar-refractivity contribution is 6.22. The Kier molecular flexibility index (Phi) is 5.63. The number of nitrogens with zero attached hydrogens (tertiary/aromatic N) is 2. The van der Waals surface area contributed by atoms with Crippen molar-refractivity contribution in [2.24, 2.45) is 0 Å². The third-order valence-corrected chi connectivity index (χ3v) is 10.2. The second kappa shape index (κ2) is 10.4. The molecule has 11 aromatic rings. The van der Waals surface area contributed by atoms with Crippen LogP contribution in [-0.2, 0) is 0 Å². The van der Waals surface area contributed by atoms with Gasteiger partial charge in [-0.1, -0.05) is 103 Å². The summed E-state index contributed by atoms with van der Waals surface area (Å²) >= 11 is 0. The Hall–Kier alpha value is -6.78. The zero-order valence-corrected chi connectivity index (χ0v) is 26.9. The van der Waals surface area contributed by atoms with Crippen molar-refractivity contribution in [2.45, 2.75) is 0 Å². The van der Waals surface area contributed by atoms with E-state index in [0.29, 0.717) is 0 Å². The van der Waals surface area contributed by atoms with E-state index < -0.39 is 0 Å². The monoisotopic (exact) mass is 640 g/mol. The Bertz CT molecular complexity index is 3110. The molecule has 3 aromatic heterocycles. The van der Waals surface area contributed by atoms with Crippen molar-refractivity contribution < 1.29 is 8.83 Å². The molecule has 234 valence electrons. The van der Waals surface area contributed by atoms with E-state index in [1.54, 1.807) is 0 Å². The topological polar surface area (TPSA) is 34.5 Å². The lowest BCUT2D eigenvalue weighted by molar-refractivity contribution is 0.669. The third-order valence-electron chi connectivity index (χ3n) is 10.2. The Balaban J connectivity index is 1.28. The van der Waals surface area contributed by atoms with E-state index >= 15 is 0 Å². The van der Waals surface area contributed by atoms with Gasteiger partial charge in [-0.3, -0.25) is 0 Å². The second-order valence-electron chi connectivity index (χ2n) is 12.9. The fraction of sp³-hybridized carbons (Fsp3) is 0. The van der Waals surface area contributed by atoms with Gasteiger partial charge in [0.15, 0.2) is 0 Å². The van der Waals surface area contributed by atoms with Crippen molar-refractivity contribution >= 4 is 93.5 Å². The van der Waals surface area contributed by atoms with Crippen LogP contribution in [0.5, 0.6) is 0 Å². The summed E-state index contributed by atoms with van der Waals surface area (Å²) in [6.45, 7) is 0. The van der Waals surface area contributed by atoms with Gasteiger partial charge in [-0.2, -0.15) is 0 Å². The van der Waals surface area contributed by atoms with Crippen molar-refractivity contribution in [3.05, 3.63) is 170 Å². The zero-order valence-electron chi connectivity index (χ0n) is 26.9. The highest BCUT2D eigenvalue weighted by Crippen LogP contribution is 2.48. The first-order valence-corrected chi connectivity index (χ1v) is 16.9. The first-order chi connectivity index (χ1) is 24.8. The van der Waals surface area contributed by atoms with E-state index in [0.717, 1.165) is 82.9 Å². The molecular formula is C46H28N2O2. The molecule has 0 bridgehead atoms. The van der Waals surface area contributed by atoms with Crippen molar-refractivity contribution in [3.8, 4) is 5.69 Å². The van der Waals surface area contributed by atoms with Crippen LogP contribution in [-0.4, -0.2) is 4.57 Å². The van der Waals surface area contributed by atoms with E-state index in [9.17, 15) is 0 Å². The maximum atomic E-state index is 6.54. The van der Waals surface area contributed by atoms with Crippen molar-refractivity contribution in [1.82, 2.24) is 4.57 Å². The largest absolute Gasteiger partial charge is 0.456 e. The molecule has 8 aromatic carbocycles. The normalized spacial score (nSPS) is 12.0. The lowest BCUT2D eigenvalue weighted by atomic mass is 10.0. The molecule has 4 heteroatoms. The summed E-state index contributed by atoms with van der Waals surface area (Å²) in [5.74, 6) is 0. The van der Waals surface area contributed by atoms with Crippen LogP contribution in [0.25, 0.3) is 82.1 Å². The van der Waals surface area contributed by atoms with Crippen LogP contribution in [0.2, 0.25) is 0 Å². The second-order valence-corrected chi connectivity index (χ2v) is 12.9. The van der Waals surface area contributed by atoms with Gasteiger partial charge < -0.3 is 18.3 Å². The number of anilines is 3. The third kappa shape index (κ3) is 3.81. The van der Waals surface area contributed by atoms with Crippen LogP contribution in [0.3, 0.4) is 0 Å². The van der Waals surface area contributed by atoms with E-state index in [2.05, 4.69) is 161 Å². The van der Waals surface area contributed by atoms with Gasteiger partial charge in [-0.05, 0) is 66.7 Å². The molecule has 0 unspecified atom stereocenters. The maximum absolute atomic E-state index is 6.54. The quantitative estimate of drug-likeness (QED) is 0.192. The van der Waals surface area contributed by atoms with Gasteiger partial charge in [-0.25, -0.2) is 0 Å². The Morgan fingerprint density at radius 1 is 0.380 bits per heavy atom. The standard InChI is InChI=1S/C46H28N2O2/c1-2-13-29(14-3-1)47-38-20-9-6-16-32(38)36-27-30(25-26-39(36)47)48(40-21-12-24-44-45(40)35-19-8-11-23-43(35)49-44)41-28-37-33-17-7-10-22-42(33)50-46(37)34-18-5-4-15-31(34)41/h1-28H. The van der Waals surface area contributed by atoms with Gasteiger partial charge >= 0.3 is 0 Å². The number of para-hydroxylation sites is 4. The molecule has 3 heterocycles. The highest BCUT2D eigenvalue weighted by atomic mass is 16.3. The number of rotatable bonds is 4. The van der Waals surface area contributed by atoms with Gasteiger partial charge in [0.05, 0.1) is 27.8 Å². The molecule has 0 fully saturated rings. The van der Waals surface area contributed by atoms with Crippen LogP contribution < -0.4 is 4.90 Å². The van der Waals surface area contributed by atoms with E-state index in [1.807, 2.05) is 18.2 Å². The summed E-state index contributed by atoms with van der Waals surface area (Å²) in [5, 5.41) is 8.94.